The third kappa shape index (κ3) is 5.66. The number of hydrogen-bond donors (Lipinski definition) is 2. The molecular formula is C19H22N2O2S. The molecule has 24 heavy (non-hydrogen) atoms. The molecule has 2 aromatic rings. The average Bonchev–Trinajstić information content (AvgIpc) is 2.53. The van der Waals surface area contributed by atoms with Crippen molar-refractivity contribution in [3.8, 4) is 5.75 Å². The van der Waals surface area contributed by atoms with E-state index in [9.17, 15) is 4.79 Å². The van der Waals surface area contributed by atoms with Crippen LogP contribution in [0.15, 0.2) is 54.6 Å². The van der Waals surface area contributed by atoms with Gasteiger partial charge in [-0.25, -0.2) is 0 Å². The molecule has 0 aliphatic rings. The summed E-state index contributed by atoms with van der Waals surface area (Å²) in [5.74, 6) is 0.602. The molecule has 2 N–H and O–H groups in total. The van der Waals surface area contributed by atoms with Crippen LogP contribution in [0.4, 0.5) is 5.69 Å². The predicted octanol–water partition coefficient (Wildman–Crippen LogP) is 4.12. The second-order valence-corrected chi connectivity index (χ2v) is 6.87. The topological polar surface area (TPSA) is 50.4 Å². The lowest BCUT2D eigenvalue weighted by Gasteiger charge is -2.18. The van der Waals surface area contributed by atoms with Crippen LogP contribution >= 0.6 is 12.2 Å². The van der Waals surface area contributed by atoms with Crippen molar-refractivity contribution >= 4 is 28.9 Å². The summed E-state index contributed by atoms with van der Waals surface area (Å²) in [5, 5.41) is 5.96. The van der Waals surface area contributed by atoms with E-state index in [0.717, 1.165) is 17.0 Å². The van der Waals surface area contributed by atoms with Crippen LogP contribution in [0.2, 0.25) is 0 Å². The Morgan fingerprint density at radius 1 is 1.08 bits per heavy atom. The standard InChI is InChI=1S/C19H22N2O2S/c1-19(2,3)17(22)21-18(24)20-15-10-7-11-16(12-15)23-13-14-8-5-4-6-9-14/h4-12H,13H2,1-3H3,(H2,20,21,22,24). The van der Waals surface area contributed by atoms with E-state index in [2.05, 4.69) is 10.6 Å². The van der Waals surface area contributed by atoms with Gasteiger partial charge < -0.3 is 15.4 Å². The fourth-order valence-corrected chi connectivity index (χ4v) is 2.07. The zero-order valence-corrected chi connectivity index (χ0v) is 14.9. The van der Waals surface area contributed by atoms with Crippen LogP contribution in [-0.2, 0) is 11.4 Å². The number of carbonyl (C=O) groups excluding carboxylic acids is 1. The van der Waals surface area contributed by atoms with Crippen LogP contribution < -0.4 is 15.4 Å². The van der Waals surface area contributed by atoms with E-state index in [1.165, 1.54) is 0 Å². The number of anilines is 1. The van der Waals surface area contributed by atoms with Gasteiger partial charge in [-0.1, -0.05) is 57.2 Å². The third-order valence-corrected chi connectivity index (χ3v) is 3.45. The van der Waals surface area contributed by atoms with Gasteiger partial charge in [-0.05, 0) is 29.9 Å². The lowest BCUT2D eigenvalue weighted by atomic mass is 9.96. The number of thiocarbonyl (C=S) groups is 1. The van der Waals surface area contributed by atoms with Crippen molar-refractivity contribution in [3.05, 3.63) is 60.2 Å². The highest BCUT2D eigenvalue weighted by molar-refractivity contribution is 7.80. The minimum absolute atomic E-state index is 0.128. The number of ether oxygens (including phenoxy) is 1. The van der Waals surface area contributed by atoms with Gasteiger partial charge in [-0.2, -0.15) is 0 Å². The Hall–Kier alpha value is -2.40. The molecule has 0 heterocycles. The van der Waals surface area contributed by atoms with E-state index in [4.69, 9.17) is 17.0 Å². The van der Waals surface area contributed by atoms with Gasteiger partial charge in [0.05, 0.1) is 0 Å². The van der Waals surface area contributed by atoms with Crippen molar-refractivity contribution < 1.29 is 9.53 Å². The number of nitrogens with one attached hydrogen (secondary N) is 2. The maximum absolute atomic E-state index is 11.9. The Morgan fingerprint density at radius 2 is 1.79 bits per heavy atom. The molecule has 126 valence electrons. The van der Waals surface area contributed by atoms with Gasteiger partial charge in [0.15, 0.2) is 5.11 Å². The number of rotatable bonds is 4. The van der Waals surface area contributed by atoms with E-state index >= 15 is 0 Å². The molecule has 2 rings (SSSR count). The fourth-order valence-electron chi connectivity index (χ4n) is 1.86. The smallest absolute Gasteiger partial charge is 0.231 e. The first kappa shape index (κ1) is 17.9. The molecule has 0 saturated carbocycles. The molecule has 2 aromatic carbocycles. The van der Waals surface area contributed by atoms with Crippen LogP contribution in [0.5, 0.6) is 5.75 Å². The quantitative estimate of drug-likeness (QED) is 0.821. The van der Waals surface area contributed by atoms with Gasteiger partial charge in [0.1, 0.15) is 12.4 Å². The molecule has 1 amide bonds. The van der Waals surface area contributed by atoms with Crippen molar-refractivity contribution in [2.45, 2.75) is 27.4 Å². The van der Waals surface area contributed by atoms with Crippen molar-refractivity contribution in [1.82, 2.24) is 5.32 Å². The molecule has 4 nitrogen and oxygen atoms in total. The third-order valence-electron chi connectivity index (χ3n) is 3.25. The summed E-state index contributed by atoms with van der Waals surface area (Å²) in [7, 11) is 0. The first-order chi connectivity index (χ1) is 11.3. The minimum Gasteiger partial charge on any atom is -0.489 e. The summed E-state index contributed by atoms with van der Waals surface area (Å²) in [6.45, 7) is 6.00. The van der Waals surface area contributed by atoms with E-state index in [1.54, 1.807) is 0 Å². The summed E-state index contributed by atoms with van der Waals surface area (Å²) in [6.07, 6.45) is 0. The molecule has 0 fully saturated rings. The highest BCUT2D eigenvalue weighted by atomic mass is 32.1. The van der Waals surface area contributed by atoms with Gasteiger partial charge in [0, 0.05) is 17.2 Å². The fraction of sp³-hybridized carbons (Fsp3) is 0.263. The summed E-state index contributed by atoms with van der Waals surface area (Å²) in [4.78, 5) is 11.9. The molecule has 0 bridgehead atoms. The number of hydrogen-bond acceptors (Lipinski definition) is 3. The Morgan fingerprint density at radius 3 is 2.46 bits per heavy atom. The number of amides is 1. The molecule has 0 radical (unpaired) electrons. The van der Waals surface area contributed by atoms with Crippen LogP contribution in [-0.4, -0.2) is 11.0 Å². The Kier molecular flexibility index (Phi) is 5.93. The maximum Gasteiger partial charge on any atom is 0.231 e. The van der Waals surface area contributed by atoms with Gasteiger partial charge in [-0.3, -0.25) is 4.79 Å². The van der Waals surface area contributed by atoms with E-state index in [0.29, 0.717) is 6.61 Å². The molecule has 0 aliphatic carbocycles. The van der Waals surface area contributed by atoms with E-state index in [-0.39, 0.29) is 11.0 Å². The van der Waals surface area contributed by atoms with Gasteiger partial charge in [-0.15, -0.1) is 0 Å². The van der Waals surface area contributed by atoms with Gasteiger partial charge >= 0.3 is 0 Å². The maximum atomic E-state index is 11.9. The van der Waals surface area contributed by atoms with Crippen molar-refractivity contribution in [2.75, 3.05) is 5.32 Å². The van der Waals surface area contributed by atoms with Gasteiger partial charge in [0.25, 0.3) is 0 Å². The zero-order chi connectivity index (χ0) is 17.6. The molecule has 0 atom stereocenters. The minimum atomic E-state index is -0.494. The molecule has 0 saturated heterocycles. The first-order valence-corrected chi connectivity index (χ1v) is 8.14. The van der Waals surface area contributed by atoms with Crippen molar-refractivity contribution in [2.24, 2.45) is 5.41 Å². The summed E-state index contributed by atoms with van der Waals surface area (Å²) in [5.41, 5.74) is 1.37. The molecule has 0 aliphatic heterocycles. The van der Waals surface area contributed by atoms with Crippen molar-refractivity contribution in [3.63, 3.8) is 0 Å². The normalized spacial score (nSPS) is 10.8. The first-order valence-electron chi connectivity index (χ1n) is 7.74. The lowest BCUT2D eigenvalue weighted by Crippen LogP contribution is -2.41. The average molecular weight is 342 g/mol. The van der Waals surface area contributed by atoms with Crippen molar-refractivity contribution in [1.29, 1.82) is 0 Å². The summed E-state index contributed by atoms with van der Waals surface area (Å²) < 4.78 is 5.78. The van der Waals surface area contributed by atoms with Gasteiger partial charge in [0.2, 0.25) is 5.91 Å². The Labute approximate surface area is 148 Å². The van der Waals surface area contributed by atoms with Crippen LogP contribution in [0.3, 0.4) is 0 Å². The molecule has 0 spiro atoms. The van der Waals surface area contributed by atoms with E-state index < -0.39 is 5.41 Å². The number of benzene rings is 2. The predicted molar refractivity (Wildman–Crippen MR) is 101 cm³/mol. The molecule has 0 unspecified atom stereocenters. The SMILES string of the molecule is CC(C)(C)C(=O)NC(=S)Nc1cccc(OCc2ccccc2)c1. The second-order valence-electron chi connectivity index (χ2n) is 6.46. The summed E-state index contributed by atoms with van der Waals surface area (Å²) in [6, 6.07) is 17.4. The summed E-state index contributed by atoms with van der Waals surface area (Å²) >= 11 is 5.18. The van der Waals surface area contributed by atoms with Crippen LogP contribution in [0.1, 0.15) is 26.3 Å². The second kappa shape index (κ2) is 7.93. The molecule has 0 aromatic heterocycles. The molecule has 5 heteroatoms. The highest BCUT2D eigenvalue weighted by Gasteiger charge is 2.21. The number of carbonyl (C=O) groups is 1. The van der Waals surface area contributed by atoms with Crippen LogP contribution in [0, 0.1) is 5.41 Å². The van der Waals surface area contributed by atoms with E-state index in [1.807, 2.05) is 75.4 Å². The van der Waals surface area contributed by atoms with Crippen LogP contribution in [0.25, 0.3) is 0 Å². The highest BCUT2D eigenvalue weighted by Crippen LogP contribution is 2.19. The largest absolute Gasteiger partial charge is 0.489 e. The Bertz CT molecular complexity index is 709. The monoisotopic (exact) mass is 342 g/mol. The lowest BCUT2D eigenvalue weighted by molar-refractivity contribution is -0.126. The molecular weight excluding hydrogens is 320 g/mol. The zero-order valence-electron chi connectivity index (χ0n) is 14.1. The Balaban J connectivity index is 1.92.